The number of anilines is 2. The summed E-state index contributed by atoms with van der Waals surface area (Å²) in [7, 11) is 0. The fraction of sp³-hybridized carbons (Fsp3) is 0.185. The normalized spacial score (nSPS) is 13.1. The van der Waals surface area contributed by atoms with Crippen LogP contribution in [0.4, 0.5) is 10.9 Å². The highest BCUT2D eigenvalue weighted by Gasteiger charge is 2.25. The first-order chi connectivity index (χ1) is 17.1. The first-order valence-electron chi connectivity index (χ1n) is 11.6. The minimum Gasteiger partial charge on any atom is -0.333 e. The standard InChI is InChI=1S/C27H24N6OS/c1-17-15-23(29-25-24(17)18(2)31-33(25)20-11-7-4-8-12-20)30-27-28-21-13-14-32(16-22(21)35-27)26(34)19-9-5-3-6-10-19/h3-12,15H,13-14,16H2,1-2H3,(H,28,29,30). The van der Waals surface area contributed by atoms with Gasteiger partial charge in [0.2, 0.25) is 0 Å². The number of aromatic nitrogens is 4. The molecule has 1 aliphatic rings. The second kappa shape index (κ2) is 8.63. The minimum atomic E-state index is 0.0615. The molecule has 0 bridgehead atoms. The van der Waals surface area contributed by atoms with E-state index in [1.165, 1.54) is 0 Å². The predicted molar refractivity (Wildman–Crippen MR) is 139 cm³/mol. The molecule has 35 heavy (non-hydrogen) atoms. The maximum absolute atomic E-state index is 12.9. The van der Waals surface area contributed by atoms with Crippen molar-refractivity contribution in [2.24, 2.45) is 0 Å². The van der Waals surface area contributed by atoms with Crippen molar-refractivity contribution in [1.29, 1.82) is 0 Å². The number of para-hydroxylation sites is 1. The summed E-state index contributed by atoms with van der Waals surface area (Å²) < 4.78 is 1.89. The summed E-state index contributed by atoms with van der Waals surface area (Å²) in [5.74, 6) is 0.793. The fourth-order valence-corrected chi connectivity index (χ4v) is 5.64. The van der Waals surface area contributed by atoms with Crippen LogP contribution in [-0.2, 0) is 13.0 Å². The minimum absolute atomic E-state index is 0.0615. The molecule has 0 unspecified atom stereocenters. The van der Waals surface area contributed by atoms with Gasteiger partial charge >= 0.3 is 0 Å². The topological polar surface area (TPSA) is 75.9 Å². The van der Waals surface area contributed by atoms with Crippen LogP contribution in [0.2, 0.25) is 0 Å². The van der Waals surface area contributed by atoms with Crippen molar-refractivity contribution in [1.82, 2.24) is 24.6 Å². The summed E-state index contributed by atoms with van der Waals surface area (Å²) in [6, 6.07) is 21.5. The smallest absolute Gasteiger partial charge is 0.254 e. The van der Waals surface area contributed by atoms with Crippen LogP contribution in [0.15, 0.2) is 66.7 Å². The number of benzene rings is 2. The van der Waals surface area contributed by atoms with Crippen molar-refractivity contribution in [3.05, 3.63) is 94.1 Å². The van der Waals surface area contributed by atoms with E-state index in [2.05, 4.69) is 12.2 Å². The van der Waals surface area contributed by atoms with Gasteiger partial charge in [0.1, 0.15) is 5.82 Å². The second-order valence-electron chi connectivity index (χ2n) is 8.71. The lowest BCUT2D eigenvalue weighted by Gasteiger charge is -2.26. The molecule has 0 saturated heterocycles. The molecule has 0 radical (unpaired) electrons. The van der Waals surface area contributed by atoms with Crippen LogP contribution in [0.1, 0.15) is 32.2 Å². The first kappa shape index (κ1) is 21.5. The van der Waals surface area contributed by atoms with Gasteiger partial charge < -0.3 is 10.2 Å². The highest BCUT2D eigenvalue weighted by Crippen LogP contribution is 2.32. The van der Waals surface area contributed by atoms with E-state index in [1.807, 2.05) is 83.2 Å². The van der Waals surface area contributed by atoms with Crippen molar-refractivity contribution in [3.63, 3.8) is 0 Å². The van der Waals surface area contributed by atoms with Crippen LogP contribution in [0.5, 0.6) is 0 Å². The number of nitrogens with zero attached hydrogens (tertiary/aromatic N) is 5. The van der Waals surface area contributed by atoms with Gasteiger partial charge in [-0.1, -0.05) is 47.7 Å². The SMILES string of the molecule is Cc1cc(Nc2nc3c(s2)CN(C(=O)c2ccccc2)CC3)nc2c1c(C)nn2-c1ccccc1. The van der Waals surface area contributed by atoms with Crippen LogP contribution in [0, 0.1) is 13.8 Å². The third-order valence-corrected chi connectivity index (χ3v) is 7.28. The molecule has 0 aliphatic carbocycles. The lowest BCUT2D eigenvalue weighted by Crippen LogP contribution is -2.35. The molecular weight excluding hydrogens is 456 g/mol. The van der Waals surface area contributed by atoms with Crippen molar-refractivity contribution >= 4 is 39.2 Å². The molecule has 4 heterocycles. The Kier molecular flexibility index (Phi) is 5.30. The molecule has 174 valence electrons. The maximum Gasteiger partial charge on any atom is 0.254 e. The number of carbonyl (C=O) groups excluding carboxylic acids is 1. The molecule has 2 aromatic carbocycles. The molecule has 0 fully saturated rings. The predicted octanol–water partition coefficient (Wildman–Crippen LogP) is 5.44. The van der Waals surface area contributed by atoms with Crippen molar-refractivity contribution in [2.75, 3.05) is 11.9 Å². The summed E-state index contributed by atoms with van der Waals surface area (Å²) in [5, 5.41) is 10.0. The Morgan fingerprint density at radius 2 is 1.74 bits per heavy atom. The number of hydrogen-bond donors (Lipinski definition) is 1. The van der Waals surface area contributed by atoms with Crippen molar-refractivity contribution in [3.8, 4) is 5.69 Å². The largest absolute Gasteiger partial charge is 0.333 e. The number of pyridine rings is 1. The molecule has 5 aromatic rings. The molecular formula is C27H24N6OS. The quantitative estimate of drug-likeness (QED) is 0.371. The van der Waals surface area contributed by atoms with Gasteiger partial charge in [-0.2, -0.15) is 5.10 Å². The molecule has 3 aromatic heterocycles. The van der Waals surface area contributed by atoms with E-state index in [4.69, 9.17) is 15.1 Å². The van der Waals surface area contributed by atoms with E-state index in [9.17, 15) is 4.79 Å². The van der Waals surface area contributed by atoms with Gasteiger partial charge in [0.15, 0.2) is 10.8 Å². The Morgan fingerprint density at radius 3 is 2.51 bits per heavy atom. The van der Waals surface area contributed by atoms with Crippen molar-refractivity contribution in [2.45, 2.75) is 26.8 Å². The molecule has 1 N–H and O–H groups in total. The maximum atomic E-state index is 12.9. The van der Waals surface area contributed by atoms with Gasteiger partial charge in [-0.25, -0.2) is 14.6 Å². The van der Waals surface area contributed by atoms with E-state index in [0.717, 1.165) is 61.5 Å². The number of nitrogens with one attached hydrogen (secondary N) is 1. The summed E-state index contributed by atoms with van der Waals surface area (Å²) >= 11 is 1.59. The highest BCUT2D eigenvalue weighted by atomic mass is 32.1. The summed E-state index contributed by atoms with van der Waals surface area (Å²) in [6.07, 6.45) is 0.748. The van der Waals surface area contributed by atoms with Gasteiger partial charge in [0, 0.05) is 28.8 Å². The Balaban J connectivity index is 1.28. The zero-order valence-electron chi connectivity index (χ0n) is 19.5. The Labute approximate surface area is 207 Å². The Morgan fingerprint density at radius 1 is 1.00 bits per heavy atom. The van der Waals surface area contributed by atoms with Crippen LogP contribution in [-0.4, -0.2) is 37.1 Å². The number of amides is 1. The van der Waals surface area contributed by atoms with Crippen LogP contribution in [0.25, 0.3) is 16.7 Å². The fourth-order valence-electron chi connectivity index (χ4n) is 4.61. The molecule has 0 spiro atoms. The average molecular weight is 481 g/mol. The van der Waals surface area contributed by atoms with E-state index in [0.29, 0.717) is 13.1 Å². The lowest BCUT2D eigenvalue weighted by atomic mass is 10.1. The average Bonchev–Trinajstić information content (AvgIpc) is 3.44. The van der Waals surface area contributed by atoms with Gasteiger partial charge in [0.05, 0.1) is 23.6 Å². The first-order valence-corrected chi connectivity index (χ1v) is 12.4. The van der Waals surface area contributed by atoms with Crippen LogP contribution < -0.4 is 5.32 Å². The molecule has 1 amide bonds. The van der Waals surface area contributed by atoms with Crippen LogP contribution in [0.3, 0.4) is 0 Å². The van der Waals surface area contributed by atoms with Gasteiger partial charge in [-0.15, -0.1) is 0 Å². The molecule has 8 heteroatoms. The number of rotatable bonds is 4. The number of fused-ring (bicyclic) bond motifs is 2. The van der Waals surface area contributed by atoms with E-state index in [1.54, 1.807) is 11.3 Å². The molecule has 6 rings (SSSR count). The summed E-state index contributed by atoms with van der Waals surface area (Å²) in [4.78, 5) is 25.6. The van der Waals surface area contributed by atoms with Gasteiger partial charge in [-0.05, 0) is 49.7 Å². The molecule has 1 aliphatic heterocycles. The van der Waals surface area contributed by atoms with Gasteiger partial charge in [-0.3, -0.25) is 4.79 Å². The zero-order valence-corrected chi connectivity index (χ0v) is 20.3. The number of hydrogen-bond acceptors (Lipinski definition) is 6. The molecule has 7 nitrogen and oxygen atoms in total. The zero-order chi connectivity index (χ0) is 23.9. The Bertz CT molecular complexity index is 1540. The Hall–Kier alpha value is -4.04. The highest BCUT2D eigenvalue weighted by molar-refractivity contribution is 7.15. The molecule has 0 atom stereocenters. The monoisotopic (exact) mass is 480 g/mol. The molecule has 0 saturated carbocycles. The lowest BCUT2D eigenvalue weighted by molar-refractivity contribution is 0.0736. The number of thiazole rings is 1. The summed E-state index contributed by atoms with van der Waals surface area (Å²) in [5.41, 5.74) is 5.63. The second-order valence-corrected chi connectivity index (χ2v) is 9.80. The van der Waals surface area contributed by atoms with E-state index < -0.39 is 0 Å². The number of carbonyl (C=O) groups is 1. The third kappa shape index (κ3) is 3.95. The van der Waals surface area contributed by atoms with E-state index in [-0.39, 0.29) is 5.91 Å². The van der Waals surface area contributed by atoms with Crippen LogP contribution >= 0.6 is 11.3 Å². The van der Waals surface area contributed by atoms with Gasteiger partial charge in [0.25, 0.3) is 5.91 Å². The summed E-state index contributed by atoms with van der Waals surface area (Å²) in [6.45, 7) is 5.34. The third-order valence-electron chi connectivity index (χ3n) is 6.28. The van der Waals surface area contributed by atoms with Crippen molar-refractivity contribution < 1.29 is 4.79 Å². The van der Waals surface area contributed by atoms with E-state index >= 15 is 0 Å². The number of aryl methyl sites for hydroxylation is 2.